The van der Waals surface area contributed by atoms with Gasteiger partial charge in [-0.1, -0.05) is 13.0 Å². The molecule has 0 aliphatic carbocycles. The Kier molecular flexibility index (Phi) is 4.65. The lowest BCUT2D eigenvalue weighted by Gasteiger charge is -2.07. The molecular weight excluding hydrogens is 260 g/mol. The normalized spacial score (nSPS) is 10.3. The molecule has 106 valence electrons. The van der Waals surface area contributed by atoms with Gasteiger partial charge in [0, 0.05) is 6.54 Å². The highest BCUT2D eigenvalue weighted by molar-refractivity contribution is 5.89. The lowest BCUT2D eigenvalue weighted by molar-refractivity contribution is 0.0600. The third-order valence-corrected chi connectivity index (χ3v) is 2.66. The van der Waals surface area contributed by atoms with Crippen LogP contribution in [0.3, 0.4) is 0 Å². The van der Waals surface area contributed by atoms with Gasteiger partial charge in [0.1, 0.15) is 12.4 Å². The summed E-state index contributed by atoms with van der Waals surface area (Å²) in [5.41, 5.74) is 0.443. The van der Waals surface area contributed by atoms with Gasteiger partial charge < -0.3 is 9.47 Å². The number of carbonyl (C=O) groups excluding carboxylic acids is 1. The molecule has 1 heterocycles. The number of nitrogens with zero attached hydrogens (tertiary/aromatic N) is 4. The van der Waals surface area contributed by atoms with E-state index in [0.29, 0.717) is 17.1 Å². The molecule has 0 saturated carbocycles. The number of tetrazole rings is 1. The second-order valence-corrected chi connectivity index (χ2v) is 4.13. The number of rotatable bonds is 6. The van der Waals surface area contributed by atoms with Crippen LogP contribution >= 0.6 is 0 Å². The molecule has 7 heteroatoms. The van der Waals surface area contributed by atoms with Crippen LogP contribution in [0.15, 0.2) is 24.3 Å². The molecule has 0 spiro atoms. The Balaban J connectivity index is 2.03. The molecule has 2 aromatic rings. The number of aryl methyl sites for hydroxylation is 1. The number of hydrogen-bond acceptors (Lipinski definition) is 6. The fourth-order valence-electron chi connectivity index (χ4n) is 1.69. The van der Waals surface area contributed by atoms with Crippen molar-refractivity contribution in [1.29, 1.82) is 0 Å². The molecule has 0 unspecified atom stereocenters. The molecule has 2 rings (SSSR count). The molecule has 0 fully saturated rings. The van der Waals surface area contributed by atoms with E-state index in [-0.39, 0.29) is 6.61 Å². The maximum atomic E-state index is 11.4. The van der Waals surface area contributed by atoms with Gasteiger partial charge in [-0.3, -0.25) is 0 Å². The molecule has 1 aromatic heterocycles. The van der Waals surface area contributed by atoms with Crippen molar-refractivity contribution < 1.29 is 14.3 Å². The molecule has 0 bridgehead atoms. The third kappa shape index (κ3) is 3.31. The molecule has 0 N–H and O–H groups in total. The smallest absolute Gasteiger partial charge is 0.337 e. The number of hydrogen-bond donors (Lipinski definition) is 0. The van der Waals surface area contributed by atoms with E-state index in [1.807, 2.05) is 6.92 Å². The SMILES string of the molecule is CCCn1nnnc1COc1cccc(C(=O)OC)c1. The zero-order valence-corrected chi connectivity index (χ0v) is 11.4. The predicted octanol–water partition coefficient (Wildman–Crippen LogP) is 1.45. The highest BCUT2D eigenvalue weighted by atomic mass is 16.5. The van der Waals surface area contributed by atoms with Crippen LogP contribution in [0.4, 0.5) is 0 Å². The van der Waals surface area contributed by atoms with Gasteiger partial charge >= 0.3 is 5.97 Å². The Hall–Kier alpha value is -2.44. The van der Waals surface area contributed by atoms with Crippen molar-refractivity contribution in [3.8, 4) is 5.75 Å². The van der Waals surface area contributed by atoms with E-state index in [1.165, 1.54) is 7.11 Å². The van der Waals surface area contributed by atoms with Crippen molar-refractivity contribution in [3.05, 3.63) is 35.7 Å². The van der Waals surface area contributed by atoms with E-state index in [4.69, 9.17) is 4.74 Å². The van der Waals surface area contributed by atoms with E-state index < -0.39 is 5.97 Å². The van der Waals surface area contributed by atoms with E-state index in [9.17, 15) is 4.79 Å². The van der Waals surface area contributed by atoms with Gasteiger partial charge in [0.05, 0.1) is 12.7 Å². The second-order valence-electron chi connectivity index (χ2n) is 4.13. The van der Waals surface area contributed by atoms with Gasteiger partial charge in [-0.15, -0.1) is 5.10 Å². The van der Waals surface area contributed by atoms with Crippen molar-refractivity contribution in [2.75, 3.05) is 7.11 Å². The average molecular weight is 276 g/mol. The topological polar surface area (TPSA) is 79.1 Å². The Bertz CT molecular complexity index is 583. The van der Waals surface area contributed by atoms with Crippen molar-refractivity contribution in [2.45, 2.75) is 26.5 Å². The summed E-state index contributed by atoms with van der Waals surface area (Å²) in [4.78, 5) is 11.4. The first-order chi connectivity index (χ1) is 9.74. The predicted molar refractivity (Wildman–Crippen MR) is 70.2 cm³/mol. The molecule has 0 amide bonds. The highest BCUT2D eigenvalue weighted by Gasteiger charge is 2.08. The van der Waals surface area contributed by atoms with Gasteiger partial charge in [0.15, 0.2) is 5.82 Å². The zero-order valence-electron chi connectivity index (χ0n) is 11.4. The number of carbonyl (C=O) groups is 1. The van der Waals surface area contributed by atoms with Crippen LogP contribution in [-0.4, -0.2) is 33.3 Å². The Morgan fingerprint density at radius 1 is 1.40 bits per heavy atom. The van der Waals surface area contributed by atoms with Crippen molar-refractivity contribution in [2.24, 2.45) is 0 Å². The third-order valence-electron chi connectivity index (χ3n) is 2.66. The summed E-state index contributed by atoms with van der Waals surface area (Å²) in [6, 6.07) is 6.79. The maximum Gasteiger partial charge on any atom is 0.337 e. The van der Waals surface area contributed by atoms with Crippen LogP contribution in [0, 0.1) is 0 Å². The minimum absolute atomic E-state index is 0.248. The number of methoxy groups -OCH3 is 1. The number of ether oxygens (including phenoxy) is 2. The van der Waals surface area contributed by atoms with Gasteiger partial charge in [-0.05, 0) is 35.0 Å². The fraction of sp³-hybridized carbons (Fsp3) is 0.385. The van der Waals surface area contributed by atoms with E-state index in [2.05, 4.69) is 20.3 Å². The average Bonchev–Trinajstić information content (AvgIpc) is 2.92. The molecule has 0 radical (unpaired) electrons. The van der Waals surface area contributed by atoms with Crippen molar-refractivity contribution >= 4 is 5.97 Å². The summed E-state index contributed by atoms with van der Waals surface area (Å²) in [5.74, 6) is 0.820. The summed E-state index contributed by atoms with van der Waals surface area (Å²) in [5, 5.41) is 11.4. The summed E-state index contributed by atoms with van der Waals surface area (Å²) in [7, 11) is 1.34. The van der Waals surface area contributed by atoms with Crippen LogP contribution in [-0.2, 0) is 17.9 Å². The van der Waals surface area contributed by atoms with E-state index in [1.54, 1.807) is 28.9 Å². The Morgan fingerprint density at radius 3 is 3.00 bits per heavy atom. The number of aromatic nitrogens is 4. The Labute approximate surface area is 116 Å². The molecule has 0 atom stereocenters. The minimum atomic E-state index is -0.397. The monoisotopic (exact) mass is 276 g/mol. The number of benzene rings is 1. The van der Waals surface area contributed by atoms with Gasteiger partial charge in [0.2, 0.25) is 0 Å². The minimum Gasteiger partial charge on any atom is -0.486 e. The van der Waals surface area contributed by atoms with Crippen LogP contribution < -0.4 is 4.74 Å². The molecule has 20 heavy (non-hydrogen) atoms. The molecule has 0 saturated heterocycles. The summed E-state index contributed by atoms with van der Waals surface area (Å²) < 4.78 is 12.0. The van der Waals surface area contributed by atoms with Gasteiger partial charge in [-0.25, -0.2) is 9.48 Å². The van der Waals surface area contributed by atoms with Crippen molar-refractivity contribution in [3.63, 3.8) is 0 Å². The quantitative estimate of drug-likeness (QED) is 0.743. The summed E-state index contributed by atoms with van der Waals surface area (Å²) in [6.07, 6.45) is 0.940. The van der Waals surface area contributed by atoms with Crippen LogP contribution in [0.25, 0.3) is 0 Å². The van der Waals surface area contributed by atoms with E-state index in [0.717, 1.165) is 13.0 Å². The number of esters is 1. The molecular formula is C13H16N4O3. The first kappa shape index (κ1) is 14.0. The standard InChI is InChI=1S/C13H16N4O3/c1-3-7-17-12(14-15-16-17)9-20-11-6-4-5-10(8-11)13(18)19-2/h4-6,8H,3,7,9H2,1-2H3. The first-order valence-corrected chi connectivity index (χ1v) is 6.30. The fourth-order valence-corrected chi connectivity index (χ4v) is 1.69. The maximum absolute atomic E-state index is 11.4. The summed E-state index contributed by atoms with van der Waals surface area (Å²) in [6.45, 7) is 3.04. The first-order valence-electron chi connectivity index (χ1n) is 6.30. The zero-order chi connectivity index (χ0) is 14.4. The van der Waals surface area contributed by atoms with Crippen LogP contribution in [0.5, 0.6) is 5.75 Å². The van der Waals surface area contributed by atoms with Crippen LogP contribution in [0.2, 0.25) is 0 Å². The lowest BCUT2D eigenvalue weighted by Crippen LogP contribution is -2.09. The summed E-state index contributed by atoms with van der Waals surface area (Å²) >= 11 is 0. The van der Waals surface area contributed by atoms with E-state index >= 15 is 0 Å². The second kappa shape index (κ2) is 6.65. The molecule has 1 aromatic carbocycles. The highest BCUT2D eigenvalue weighted by Crippen LogP contribution is 2.15. The Morgan fingerprint density at radius 2 is 2.25 bits per heavy atom. The lowest BCUT2D eigenvalue weighted by atomic mass is 10.2. The largest absolute Gasteiger partial charge is 0.486 e. The molecule has 0 aliphatic heterocycles. The van der Waals surface area contributed by atoms with Gasteiger partial charge in [-0.2, -0.15) is 0 Å². The molecule has 7 nitrogen and oxygen atoms in total. The molecule has 0 aliphatic rings. The van der Waals surface area contributed by atoms with Gasteiger partial charge in [0.25, 0.3) is 0 Å². The van der Waals surface area contributed by atoms with Crippen LogP contribution in [0.1, 0.15) is 29.5 Å². The van der Waals surface area contributed by atoms with Crippen molar-refractivity contribution in [1.82, 2.24) is 20.2 Å².